The average Bonchev–Trinajstić information content (AvgIpc) is 3.33. The van der Waals surface area contributed by atoms with E-state index in [1.54, 1.807) is 0 Å². The summed E-state index contributed by atoms with van der Waals surface area (Å²) in [5.41, 5.74) is 2.95. The van der Waals surface area contributed by atoms with Crippen molar-refractivity contribution in [3.63, 3.8) is 0 Å². The van der Waals surface area contributed by atoms with Gasteiger partial charge in [-0.2, -0.15) is 0 Å². The van der Waals surface area contributed by atoms with Crippen molar-refractivity contribution < 1.29 is 9.32 Å². The smallest absolute Gasteiger partial charge is 0.259 e. The third-order valence-corrected chi connectivity index (χ3v) is 4.95. The van der Waals surface area contributed by atoms with Crippen molar-refractivity contribution in [2.45, 2.75) is 57.4 Å². The summed E-state index contributed by atoms with van der Waals surface area (Å²) in [6, 6.07) is 2.19. The highest BCUT2D eigenvalue weighted by atomic mass is 16.5. The zero-order valence-electron chi connectivity index (χ0n) is 14.3. The van der Waals surface area contributed by atoms with Crippen LogP contribution in [0.1, 0.15) is 73.1 Å². The van der Waals surface area contributed by atoms with Crippen LogP contribution in [0.2, 0.25) is 0 Å². The van der Waals surface area contributed by atoms with Crippen molar-refractivity contribution in [3.8, 4) is 0 Å². The van der Waals surface area contributed by atoms with Gasteiger partial charge in [-0.3, -0.25) is 4.79 Å². The van der Waals surface area contributed by atoms with Crippen LogP contribution in [0, 0.1) is 0 Å². The van der Waals surface area contributed by atoms with Gasteiger partial charge in [0, 0.05) is 17.7 Å². The van der Waals surface area contributed by atoms with E-state index in [-0.39, 0.29) is 17.9 Å². The molecule has 2 N–H and O–H groups in total. The van der Waals surface area contributed by atoms with E-state index in [9.17, 15) is 4.79 Å². The zero-order chi connectivity index (χ0) is 16.7. The molecule has 0 radical (unpaired) electrons. The second-order valence-corrected chi connectivity index (χ2v) is 7.27. The number of nitrogens with zero attached hydrogens (tertiary/aromatic N) is 2. The lowest BCUT2D eigenvalue weighted by molar-refractivity contribution is 0.0931. The summed E-state index contributed by atoms with van der Waals surface area (Å²) in [7, 11) is 0. The van der Waals surface area contributed by atoms with Crippen molar-refractivity contribution in [2.24, 2.45) is 0 Å². The number of hydrogen-bond acceptors (Lipinski definition) is 5. The number of aromatic nitrogens is 2. The molecular formula is C18H24N4O2. The van der Waals surface area contributed by atoms with Gasteiger partial charge in [-0.1, -0.05) is 19.0 Å². The van der Waals surface area contributed by atoms with Crippen LogP contribution in [0.25, 0.3) is 11.1 Å². The van der Waals surface area contributed by atoms with Crippen LogP contribution in [-0.2, 0) is 0 Å². The summed E-state index contributed by atoms with van der Waals surface area (Å²) < 4.78 is 5.46. The summed E-state index contributed by atoms with van der Waals surface area (Å²) in [6.45, 7) is 6.02. The maximum Gasteiger partial charge on any atom is 0.259 e. The highest BCUT2D eigenvalue weighted by molar-refractivity contribution is 6.06. The third kappa shape index (κ3) is 2.90. The summed E-state index contributed by atoms with van der Waals surface area (Å²) in [6.07, 6.45) is 4.21. The van der Waals surface area contributed by atoms with Crippen LogP contribution in [0.3, 0.4) is 0 Å². The van der Waals surface area contributed by atoms with E-state index in [1.165, 1.54) is 0 Å². The van der Waals surface area contributed by atoms with Gasteiger partial charge < -0.3 is 15.2 Å². The predicted octanol–water partition coefficient (Wildman–Crippen LogP) is 2.71. The van der Waals surface area contributed by atoms with E-state index in [0.717, 1.165) is 55.5 Å². The Balaban J connectivity index is 1.73. The Bertz CT molecular complexity index is 758. The number of pyridine rings is 1. The molecule has 1 saturated carbocycles. The number of carbonyl (C=O) groups excluding carboxylic acids is 1. The standard InChI is InChI=1S/C18H24N4O2/c1-10(2)16-15-13(17(23)20-12-5-7-19-8-6-12)9-14(11-3-4-11)21-18(15)24-22-16/h9-12,19H,3-8H2,1-2H3,(H,20,23). The monoisotopic (exact) mass is 328 g/mol. The number of rotatable bonds is 4. The molecule has 24 heavy (non-hydrogen) atoms. The van der Waals surface area contributed by atoms with Gasteiger partial charge in [-0.15, -0.1) is 0 Å². The highest BCUT2D eigenvalue weighted by Crippen LogP contribution is 2.41. The van der Waals surface area contributed by atoms with Gasteiger partial charge in [0.15, 0.2) is 0 Å². The van der Waals surface area contributed by atoms with Gasteiger partial charge in [0.25, 0.3) is 11.6 Å². The zero-order valence-corrected chi connectivity index (χ0v) is 14.3. The number of hydrogen-bond donors (Lipinski definition) is 2. The van der Waals surface area contributed by atoms with Crippen LogP contribution in [0.4, 0.5) is 0 Å². The van der Waals surface area contributed by atoms with Crippen LogP contribution < -0.4 is 10.6 Å². The maximum absolute atomic E-state index is 13.0. The van der Waals surface area contributed by atoms with Gasteiger partial charge in [-0.25, -0.2) is 4.98 Å². The Hall–Kier alpha value is -1.95. The maximum atomic E-state index is 13.0. The minimum absolute atomic E-state index is 0.0266. The first-order valence-electron chi connectivity index (χ1n) is 8.95. The molecule has 1 amide bonds. The number of amides is 1. The Morgan fingerprint density at radius 3 is 2.71 bits per heavy atom. The number of fused-ring (bicyclic) bond motifs is 1. The second kappa shape index (κ2) is 6.16. The lowest BCUT2D eigenvalue weighted by Gasteiger charge is -2.24. The molecule has 0 unspecified atom stereocenters. The Labute approximate surface area is 141 Å². The molecular weight excluding hydrogens is 304 g/mol. The summed E-state index contributed by atoms with van der Waals surface area (Å²) in [4.78, 5) is 17.6. The molecule has 2 aliphatic rings. The largest absolute Gasteiger partial charge is 0.349 e. The molecule has 1 aliphatic heterocycles. The van der Waals surface area contributed by atoms with Gasteiger partial charge in [0.2, 0.25) is 0 Å². The molecule has 6 heteroatoms. The normalized spacial score (nSPS) is 19.1. The summed E-state index contributed by atoms with van der Waals surface area (Å²) >= 11 is 0. The van der Waals surface area contributed by atoms with E-state index in [0.29, 0.717) is 17.2 Å². The molecule has 2 aromatic heterocycles. The fourth-order valence-electron chi connectivity index (χ4n) is 3.38. The first kappa shape index (κ1) is 15.6. The van der Waals surface area contributed by atoms with Crippen molar-refractivity contribution in [1.82, 2.24) is 20.8 Å². The van der Waals surface area contributed by atoms with Gasteiger partial charge in [-0.05, 0) is 50.8 Å². The minimum atomic E-state index is -0.0266. The highest BCUT2D eigenvalue weighted by Gasteiger charge is 2.30. The third-order valence-electron chi connectivity index (χ3n) is 4.95. The van der Waals surface area contributed by atoms with Crippen molar-refractivity contribution in [2.75, 3.05) is 13.1 Å². The quantitative estimate of drug-likeness (QED) is 0.902. The van der Waals surface area contributed by atoms with Crippen LogP contribution >= 0.6 is 0 Å². The second-order valence-electron chi connectivity index (χ2n) is 7.27. The number of carbonyl (C=O) groups is 1. The van der Waals surface area contributed by atoms with E-state index < -0.39 is 0 Å². The van der Waals surface area contributed by atoms with Crippen molar-refractivity contribution in [3.05, 3.63) is 23.0 Å². The van der Waals surface area contributed by atoms with Crippen LogP contribution in [-0.4, -0.2) is 35.2 Å². The molecule has 0 aromatic carbocycles. The van der Waals surface area contributed by atoms with E-state index >= 15 is 0 Å². The number of piperidine rings is 1. The topological polar surface area (TPSA) is 80.0 Å². The fraction of sp³-hybridized carbons (Fsp3) is 0.611. The molecule has 0 bridgehead atoms. The van der Waals surface area contributed by atoms with Crippen LogP contribution in [0.15, 0.2) is 10.6 Å². The molecule has 128 valence electrons. The van der Waals surface area contributed by atoms with Gasteiger partial charge in [0.1, 0.15) is 0 Å². The molecule has 0 atom stereocenters. The Morgan fingerprint density at radius 1 is 1.29 bits per heavy atom. The molecule has 6 nitrogen and oxygen atoms in total. The van der Waals surface area contributed by atoms with Gasteiger partial charge in [0.05, 0.1) is 16.6 Å². The van der Waals surface area contributed by atoms with Crippen molar-refractivity contribution in [1.29, 1.82) is 0 Å². The Kier molecular flexibility index (Phi) is 4.00. The molecule has 2 aromatic rings. The van der Waals surface area contributed by atoms with Gasteiger partial charge >= 0.3 is 0 Å². The molecule has 1 aliphatic carbocycles. The van der Waals surface area contributed by atoms with Crippen LogP contribution in [0.5, 0.6) is 0 Å². The first-order valence-corrected chi connectivity index (χ1v) is 8.95. The number of nitrogens with one attached hydrogen (secondary N) is 2. The summed E-state index contributed by atoms with van der Waals surface area (Å²) in [5, 5.41) is 11.5. The average molecular weight is 328 g/mol. The van der Waals surface area contributed by atoms with E-state index in [2.05, 4.69) is 34.6 Å². The molecule has 0 spiro atoms. The molecule has 1 saturated heterocycles. The molecule has 3 heterocycles. The lowest BCUT2D eigenvalue weighted by atomic mass is 10.0. The Morgan fingerprint density at radius 2 is 2.04 bits per heavy atom. The van der Waals surface area contributed by atoms with E-state index in [4.69, 9.17) is 4.52 Å². The fourth-order valence-corrected chi connectivity index (χ4v) is 3.38. The predicted molar refractivity (Wildman–Crippen MR) is 91.2 cm³/mol. The minimum Gasteiger partial charge on any atom is -0.349 e. The molecule has 2 fully saturated rings. The van der Waals surface area contributed by atoms with Crippen molar-refractivity contribution >= 4 is 17.0 Å². The first-order chi connectivity index (χ1) is 11.6. The SMILES string of the molecule is CC(C)c1noc2nc(C3CC3)cc(C(=O)NC3CCNCC3)c12. The summed E-state index contributed by atoms with van der Waals surface area (Å²) in [5.74, 6) is 0.624. The van der Waals surface area contributed by atoms with E-state index in [1.807, 2.05) is 6.07 Å². The lowest BCUT2D eigenvalue weighted by Crippen LogP contribution is -2.42. The molecule has 4 rings (SSSR count).